The molecule has 2 unspecified atom stereocenters. The van der Waals surface area contributed by atoms with Crippen LogP contribution in [-0.4, -0.2) is 30.8 Å². The molecule has 0 aliphatic heterocycles. The highest BCUT2D eigenvalue weighted by Gasteiger charge is 2.28. The number of halogens is 3. The average Bonchev–Trinajstić information content (AvgIpc) is 3.19. The van der Waals surface area contributed by atoms with Crippen molar-refractivity contribution in [2.45, 2.75) is 23.8 Å². The van der Waals surface area contributed by atoms with Gasteiger partial charge in [0, 0.05) is 40.7 Å². The van der Waals surface area contributed by atoms with E-state index in [4.69, 9.17) is 54.9 Å². The fourth-order valence-electron chi connectivity index (χ4n) is 2.61. The van der Waals surface area contributed by atoms with Crippen LogP contribution in [0.2, 0.25) is 5.02 Å². The van der Waals surface area contributed by atoms with Crippen molar-refractivity contribution in [1.29, 1.82) is 0 Å². The number of aryl methyl sites for hydroxylation is 1. The summed E-state index contributed by atoms with van der Waals surface area (Å²) < 4.78 is 7.85. The van der Waals surface area contributed by atoms with Crippen molar-refractivity contribution in [3.05, 3.63) is 86.9 Å². The largest absolute Gasteiger partial charge is 0.342 e. The number of rotatable bonds is 8. The van der Waals surface area contributed by atoms with E-state index in [0.29, 0.717) is 11.0 Å². The molecule has 0 saturated heterocycles. The summed E-state index contributed by atoms with van der Waals surface area (Å²) in [4.78, 5) is 12.4. The zero-order valence-corrected chi connectivity index (χ0v) is 18.8. The van der Waals surface area contributed by atoms with Crippen LogP contribution in [0.3, 0.4) is 0 Å². The second-order valence-electron chi connectivity index (χ2n) is 6.22. The molecule has 30 heavy (non-hydrogen) atoms. The predicted octanol–water partition coefficient (Wildman–Crippen LogP) is 5.73. The Labute approximate surface area is 193 Å². The zero-order chi connectivity index (χ0) is 22.0. The van der Waals surface area contributed by atoms with Crippen LogP contribution >= 0.6 is 46.6 Å². The van der Waals surface area contributed by atoms with Gasteiger partial charge in [-0.25, -0.2) is 4.98 Å². The molecule has 0 radical (unpaired) electrons. The van der Waals surface area contributed by atoms with Gasteiger partial charge < -0.3 is 14.5 Å². The van der Waals surface area contributed by atoms with Crippen molar-refractivity contribution in [1.82, 2.24) is 9.55 Å². The number of nitrogens with zero attached hydrogens (tertiary/aromatic N) is 3. The number of benzene rings is 1. The summed E-state index contributed by atoms with van der Waals surface area (Å²) in [6, 6.07) is 7.79. The Morgan fingerprint density at radius 2 is 2.10 bits per heavy atom. The van der Waals surface area contributed by atoms with Gasteiger partial charge in [-0.1, -0.05) is 59.1 Å². The molecule has 1 aromatic heterocycles. The Morgan fingerprint density at radius 3 is 2.73 bits per heavy atom. The van der Waals surface area contributed by atoms with Crippen molar-refractivity contribution in [2.75, 3.05) is 5.94 Å². The minimum absolute atomic E-state index is 0.144. The van der Waals surface area contributed by atoms with Crippen LogP contribution < -0.4 is 0 Å². The molecule has 0 saturated carbocycles. The summed E-state index contributed by atoms with van der Waals surface area (Å²) in [5.74, 6) is 1.35. The number of thioether (sulfide) groups is 1. The van der Waals surface area contributed by atoms with Crippen molar-refractivity contribution < 1.29 is 15.0 Å². The fourth-order valence-corrected chi connectivity index (χ4v) is 4.44. The lowest BCUT2D eigenvalue weighted by Crippen LogP contribution is -2.24. The van der Waals surface area contributed by atoms with Crippen LogP contribution in [0.1, 0.15) is 12.0 Å². The van der Waals surface area contributed by atoms with Crippen molar-refractivity contribution in [3.8, 4) is 0 Å². The van der Waals surface area contributed by atoms with Crippen LogP contribution in [0.15, 0.2) is 66.2 Å². The standard InChI is InChI=1S/C19H19Cl3N2OS.HNO3/c20-17-4-2-1-3-16(17)12-26-14-25-19(22)7-5-15(18(21)11-19)6-9-24-10-8-23-13-24;2-1(3)4/h1-5,7-8,10-11,13,15H,6,9,12,14H2;(H,2,3,4). The molecule has 1 aliphatic carbocycles. The van der Waals surface area contributed by atoms with Gasteiger partial charge in [-0.2, -0.15) is 0 Å². The van der Waals surface area contributed by atoms with Gasteiger partial charge in [-0.05, 0) is 30.2 Å². The third-order valence-corrected chi connectivity index (χ3v) is 5.98. The van der Waals surface area contributed by atoms with Crippen LogP contribution in [0.4, 0.5) is 0 Å². The molecule has 0 spiro atoms. The van der Waals surface area contributed by atoms with E-state index in [0.717, 1.165) is 29.3 Å². The smallest absolute Gasteiger partial charge is 0.291 e. The summed E-state index contributed by atoms with van der Waals surface area (Å²) in [6.45, 7) is 0.850. The number of alkyl halides is 1. The molecular formula is C19H20Cl3N3O4S. The SMILES string of the molecule is ClC1=CC(Cl)(OCSCc2ccccc2Cl)C=CC1CCn1ccnc1.O=[N+]([O-])O. The molecule has 7 nitrogen and oxygen atoms in total. The summed E-state index contributed by atoms with van der Waals surface area (Å²) in [5, 5.41) is 14.1. The van der Waals surface area contributed by atoms with E-state index in [2.05, 4.69) is 4.98 Å². The maximum atomic E-state index is 8.36. The van der Waals surface area contributed by atoms with Gasteiger partial charge in [0.05, 0.1) is 12.3 Å². The lowest BCUT2D eigenvalue weighted by Gasteiger charge is -2.27. The number of imidazole rings is 1. The van der Waals surface area contributed by atoms with Crippen molar-refractivity contribution in [2.24, 2.45) is 5.92 Å². The molecule has 1 heterocycles. The van der Waals surface area contributed by atoms with Gasteiger partial charge in [0.2, 0.25) is 0 Å². The van der Waals surface area contributed by atoms with Gasteiger partial charge in [-0.3, -0.25) is 0 Å². The molecule has 1 aromatic carbocycles. The highest BCUT2D eigenvalue weighted by Crippen LogP contribution is 2.35. The number of ether oxygens (including phenoxy) is 1. The monoisotopic (exact) mass is 491 g/mol. The molecule has 162 valence electrons. The Morgan fingerprint density at radius 1 is 1.37 bits per heavy atom. The Kier molecular flexibility index (Phi) is 10.0. The molecule has 3 rings (SSSR count). The third-order valence-electron chi connectivity index (χ3n) is 4.08. The van der Waals surface area contributed by atoms with Crippen LogP contribution in [-0.2, 0) is 17.0 Å². The second kappa shape index (κ2) is 12.2. The Bertz CT molecular complexity index is 876. The fraction of sp³-hybridized carbons (Fsp3) is 0.316. The maximum absolute atomic E-state index is 8.36. The lowest BCUT2D eigenvalue weighted by atomic mass is 9.98. The summed E-state index contributed by atoms with van der Waals surface area (Å²) in [7, 11) is 0. The number of aromatic nitrogens is 2. The minimum atomic E-state index is -1.50. The number of hydrogen-bond donors (Lipinski definition) is 1. The first-order valence-electron chi connectivity index (χ1n) is 8.80. The summed E-state index contributed by atoms with van der Waals surface area (Å²) >= 11 is 20.7. The predicted molar refractivity (Wildman–Crippen MR) is 119 cm³/mol. The topological polar surface area (TPSA) is 90.4 Å². The molecule has 2 aromatic rings. The van der Waals surface area contributed by atoms with E-state index in [1.54, 1.807) is 30.4 Å². The molecule has 0 bridgehead atoms. The average molecular weight is 493 g/mol. The van der Waals surface area contributed by atoms with Gasteiger partial charge >= 0.3 is 0 Å². The number of allylic oxidation sites excluding steroid dienone is 2. The minimum Gasteiger partial charge on any atom is -0.342 e. The summed E-state index contributed by atoms with van der Waals surface area (Å²) in [6.07, 6.45) is 12.1. The van der Waals surface area contributed by atoms with E-state index in [1.807, 2.05) is 47.2 Å². The van der Waals surface area contributed by atoms with E-state index in [1.165, 1.54) is 0 Å². The van der Waals surface area contributed by atoms with Crippen LogP contribution in [0, 0.1) is 16.0 Å². The quantitative estimate of drug-likeness (QED) is 0.126. The maximum Gasteiger partial charge on any atom is 0.291 e. The number of hydrogen-bond acceptors (Lipinski definition) is 5. The second-order valence-corrected chi connectivity index (χ2v) is 8.59. The molecular weight excluding hydrogens is 473 g/mol. The first kappa shape index (κ1) is 24.6. The van der Waals surface area contributed by atoms with Crippen LogP contribution in [0.25, 0.3) is 0 Å². The normalized spacial score (nSPS) is 20.2. The molecule has 1 aliphatic rings. The van der Waals surface area contributed by atoms with Crippen LogP contribution in [0.5, 0.6) is 0 Å². The van der Waals surface area contributed by atoms with E-state index < -0.39 is 10.1 Å². The molecule has 2 atom stereocenters. The molecule has 1 N–H and O–H groups in total. The molecule has 0 fully saturated rings. The first-order chi connectivity index (χ1) is 14.3. The Hall–Kier alpha value is -1.71. The first-order valence-corrected chi connectivity index (χ1v) is 11.1. The van der Waals surface area contributed by atoms with E-state index >= 15 is 0 Å². The lowest BCUT2D eigenvalue weighted by molar-refractivity contribution is -0.742. The van der Waals surface area contributed by atoms with E-state index in [9.17, 15) is 0 Å². The van der Waals surface area contributed by atoms with Gasteiger partial charge in [0.1, 0.15) is 0 Å². The van der Waals surface area contributed by atoms with Gasteiger partial charge in [0.15, 0.2) is 5.06 Å². The summed E-state index contributed by atoms with van der Waals surface area (Å²) in [5.41, 5.74) is 1.08. The van der Waals surface area contributed by atoms with Crippen molar-refractivity contribution >= 4 is 46.6 Å². The van der Waals surface area contributed by atoms with Gasteiger partial charge in [-0.15, -0.1) is 21.9 Å². The molecule has 11 heteroatoms. The van der Waals surface area contributed by atoms with Gasteiger partial charge in [0.25, 0.3) is 5.09 Å². The highest BCUT2D eigenvalue weighted by atomic mass is 35.5. The van der Waals surface area contributed by atoms with Crippen molar-refractivity contribution in [3.63, 3.8) is 0 Å². The zero-order valence-electron chi connectivity index (χ0n) is 15.7. The highest BCUT2D eigenvalue weighted by molar-refractivity contribution is 7.98. The third kappa shape index (κ3) is 8.57. The Balaban J connectivity index is 0.000000735. The van der Waals surface area contributed by atoms with E-state index in [-0.39, 0.29) is 5.92 Å². The molecule has 0 amide bonds.